The molecule has 3 rings (SSSR count). The second-order valence-corrected chi connectivity index (χ2v) is 6.45. The van der Waals surface area contributed by atoms with Crippen LogP contribution in [0.5, 0.6) is 0 Å². The highest BCUT2D eigenvalue weighted by Gasteiger charge is 2.20. The molecule has 0 unspecified atom stereocenters. The SMILES string of the molecule is CC(C)(N)Cn1c(-c2ccc(F)cc2)nc2cc(Cl)cnc21. The summed E-state index contributed by atoms with van der Waals surface area (Å²) in [6.45, 7) is 4.40. The Labute approximate surface area is 132 Å². The molecular formula is C16H16ClFN4. The Hall–Kier alpha value is -1.98. The van der Waals surface area contributed by atoms with Gasteiger partial charge in [0.15, 0.2) is 5.65 Å². The van der Waals surface area contributed by atoms with Crippen molar-refractivity contribution in [2.24, 2.45) is 5.73 Å². The third-order valence-corrected chi connectivity index (χ3v) is 3.43. The first-order chi connectivity index (χ1) is 10.3. The predicted octanol–water partition coefficient (Wildman–Crippen LogP) is 3.63. The molecule has 0 bridgehead atoms. The van der Waals surface area contributed by atoms with Crippen LogP contribution in [0, 0.1) is 5.82 Å². The molecule has 6 heteroatoms. The van der Waals surface area contributed by atoms with Crippen molar-refractivity contribution >= 4 is 22.8 Å². The number of rotatable bonds is 3. The third kappa shape index (κ3) is 2.96. The predicted molar refractivity (Wildman–Crippen MR) is 86.2 cm³/mol. The first kappa shape index (κ1) is 14.9. The quantitative estimate of drug-likeness (QED) is 0.802. The Morgan fingerprint density at radius 2 is 1.95 bits per heavy atom. The van der Waals surface area contributed by atoms with Gasteiger partial charge in [0.1, 0.15) is 17.2 Å². The lowest BCUT2D eigenvalue weighted by Gasteiger charge is -2.21. The molecule has 0 aliphatic rings. The van der Waals surface area contributed by atoms with Gasteiger partial charge in [-0.25, -0.2) is 14.4 Å². The number of hydrogen-bond donors (Lipinski definition) is 1. The second-order valence-electron chi connectivity index (χ2n) is 6.01. The van der Waals surface area contributed by atoms with Crippen molar-refractivity contribution in [3.63, 3.8) is 0 Å². The molecule has 114 valence electrons. The van der Waals surface area contributed by atoms with Crippen LogP contribution >= 0.6 is 11.6 Å². The standard InChI is InChI=1S/C16H16ClFN4/c1-16(2,19)9-22-14(10-3-5-12(18)6-4-10)21-13-7-11(17)8-20-15(13)22/h3-8H,9,19H2,1-2H3. The maximum atomic E-state index is 13.2. The molecule has 0 fully saturated rings. The molecule has 2 N–H and O–H groups in total. The third-order valence-electron chi connectivity index (χ3n) is 3.22. The van der Waals surface area contributed by atoms with Gasteiger partial charge in [0.05, 0.1) is 5.02 Å². The van der Waals surface area contributed by atoms with Crippen molar-refractivity contribution in [1.82, 2.24) is 14.5 Å². The highest BCUT2D eigenvalue weighted by molar-refractivity contribution is 6.31. The number of benzene rings is 1. The summed E-state index contributed by atoms with van der Waals surface area (Å²) in [6.07, 6.45) is 1.58. The smallest absolute Gasteiger partial charge is 0.160 e. The van der Waals surface area contributed by atoms with Crippen LogP contribution in [-0.4, -0.2) is 20.1 Å². The Morgan fingerprint density at radius 3 is 2.59 bits per heavy atom. The van der Waals surface area contributed by atoms with Crippen LogP contribution in [0.15, 0.2) is 36.5 Å². The molecule has 3 aromatic rings. The first-order valence-electron chi connectivity index (χ1n) is 6.90. The molecule has 2 heterocycles. The summed E-state index contributed by atoms with van der Waals surface area (Å²) in [4.78, 5) is 8.96. The molecule has 22 heavy (non-hydrogen) atoms. The average molecular weight is 319 g/mol. The molecule has 0 saturated carbocycles. The number of aromatic nitrogens is 3. The zero-order chi connectivity index (χ0) is 15.9. The number of imidazole rings is 1. The fourth-order valence-corrected chi connectivity index (χ4v) is 2.52. The van der Waals surface area contributed by atoms with Crippen LogP contribution in [0.4, 0.5) is 4.39 Å². The summed E-state index contributed by atoms with van der Waals surface area (Å²) >= 11 is 5.99. The number of halogens is 2. The van der Waals surface area contributed by atoms with Gasteiger partial charge in [0.25, 0.3) is 0 Å². The van der Waals surface area contributed by atoms with E-state index in [1.807, 2.05) is 18.4 Å². The Balaban J connectivity index is 2.23. The zero-order valence-corrected chi connectivity index (χ0v) is 13.1. The van der Waals surface area contributed by atoms with Gasteiger partial charge >= 0.3 is 0 Å². The minimum Gasteiger partial charge on any atom is -0.324 e. The normalized spacial score (nSPS) is 12.0. The fourth-order valence-electron chi connectivity index (χ4n) is 2.36. The van der Waals surface area contributed by atoms with E-state index in [2.05, 4.69) is 9.97 Å². The van der Waals surface area contributed by atoms with Gasteiger partial charge in [0.2, 0.25) is 0 Å². The van der Waals surface area contributed by atoms with E-state index in [0.29, 0.717) is 28.6 Å². The van der Waals surface area contributed by atoms with Gasteiger partial charge in [-0.15, -0.1) is 0 Å². The van der Waals surface area contributed by atoms with Crippen molar-refractivity contribution in [2.45, 2.75) is 25.9 Å². The van der Waals surface area contributed by atoms with E-state index >= 15 is 0 Å². The van der Waals surface area contributed by atoms with E-state index in [1.165, 1.54) is 12.1 Å². The fraction of sp³-hybridized carbons (Fsp3) is 0.250. The molecule has 0 radical (unpaired) electrons. The number of nitrogens with two attached hydrogens (primary N) is 1. The monoisotopic (exact) mass is 318 g/mol. The number of hydrogen-bond acceptors (Lipinski definition) is 3. The lowest BCUT2D eigenvalue weighted by Crippen LogP contribution is -2.37. The van der Waals surface area contributed by atoms with Gasteiger partial charge in [-0.1, -0.05) is 11.6 Å². The van der Waals surface area contributed by atoms with E-state index in [9.17, 15) is 4.39 Å². The van der Waals surface area contributed by atoms with Crippen LogP contribution in [0.1, 0.15) is 13.8 Å². The lowest BCUT2D eigenvalue weighted by molar-refractivity contribution is 0.441. The van der Waals surface area contributed by atoms with Gasteiger partial charge in [-0.3, -0.25) is 0 Å². The average Bonchev–Trinajstić information content (AvgIpc) is 2.75. The van der Waals surface area contributed by atoms with E-state index in [0.717, 1.165) is 5.56 Å². The molecule has 4 nitrogen and oxygen atoms in total. The highest BCUT2D eigenvalue weighted by Crippen LogP contribution is 2.26. The summed E-state index contributed by atoms with van der Waals surface area (Å²) in [5.74, 6) is 0.412. The molecule has 0 aliphatic heterocycles. The lowest BCUT2D eigenvalue weighted by atomic mass is 10.1. The second kappa shape index (κ2) is 5.34. The Kier molecular flexibility index (Phi) is 3.62. The molecule has 0 aliphatic carbocycles. The number of nitrogens with zero attached hydrogens (tertiary/aromatic N) is 3. The van der Waals surface area contributed by atoms with Crippen LogP contribution in [0.25, 0.3) is 22.6 Å². The minimum absolute atomic E-state index is 0.285. The zero-order valence-electron chi connectivity index (χ0n) is 12.3. The van der Waals surface area contributed by atoms with E-state index in [-0.39, 0.29) is 5.82 Å². The van der Waals surface area contributed by atoms with Crippen molar-refractivity contribution in [1.29, 1.82) is 0 Å². The summed E-state index contributed by atoms with van der Waals surface area (Å²) in [6, 6.07) is 7.97. The molecule has 0 amide bonds. The van der Waals surface area contributed by atoms with Gasteiger partial charge in [-0.2, -0.15) is 0 Å². The Morgan fingerprint density at radius 1 is 1.27 bits per heavy atom. The van der Waals surface area contributed by atoms with Crippen molar-refractivity contribution < 1.29 is 4.39 Å². The van der Waals surface area contributed by atoms with Crippen LogP contribution in [0.2, 0.25) is 5.02 Å². The maximum Gasteiger partial charge on any atom is 0.160 e. The molecule has 2 aromatic heterocycles. The highest BCUT2D eigenvalue weighted by atomic mass is 35.5. The maximum absolute atomic E-state index is 13.2. The van der Waals surface area contributed by atoms with E-state index in [1.54, 1.807) is 24.4 Å². The van der Waals surface area contributed by atoms with E-state index < -0.39 is 5.54 Å². The van der Waals surface area contributed by atoms with Gasteiger partial charge < -0.3 is 10.3 Å². The van der Waals surface area contributed by atoms with Crippen LogP contribution in [-0.2, 0) is 6.54 Å². The Bertz CT molecular complexity index is 819. The van der Waals surface area contributed by atoms with Crippen molar-refractivity contribution in [2.75, 3.05) is 0 Å². The van der Waals surface area contributed by atoms with E-state index in [4.69, 9.17) is 17.3 Å². The van der Waals surface area contributed by atoms with Gasteiger partial charge in [-0.05, 0) is 44.2 Å². The number of fused-ring (bicyclic) bond motifs is 1. The molecule has 1 aromatic carbocycles. The minimum atomic E-state index is -0.441. The number of pyridine rings is 1. The summed E-state index contributed by atoms with van der Waals surface area (Å²) in [5, 5.41) is 0.523. The molecule has 0 saturated heterocycles. The molecule has 0 spiro atoms. The molecular weight excluding hydrogens is 303 g/mol. The summed E-state index contributed by atoms with van der Waals surface area (Å²) < 4.78 is 15.1. The topological polar surface area (TPSA) is 56.7 Å². The van der Waals surface area contributed by atoms with Crippen LogP contribution < -0.4 is 5.73 Å². The largest absolute Gasteiger partial charge is 0.324 e. The first-order valence-corrected chi connectivity index (χ1v) is 7.28. The van der Waals surface area contributed by atoms with Crippen molar-refractivity contribution in [3.05, 3.63) is 47.4 Å². The summed E-state index contributed by atoms with van der Waals surface area (Å²) in [7, 11) is 0. The summed E-state index contributed by atoms with van der Waals surface area (Å²) in [5.41, 5.74) is 7.92. The van der Waals surface area contributed by atoms with Crippen molar-refractivity contribution in [3.8, 4) is 11.4 Å². The van der Waals surface area contributed by atoms with Gasteiger partial charge in [0, 0.05) is 23.8 Å². The molecule has 0 atom stereocenters. The van der Waals surface area contributed by atoms with Crippen LogP contribution in [0.3, 0.4) is 0 Å².